The van der Waals surface area contributed by atoms with Crippen LogP contribution in [0.25, 0.3) is 10.9 Å². The molecule has 2 heterocycles. The highest BCUT2D eigenvalue weighted by molar-refractivity contribution is 6.07. The predicted octanol–water partition coefficient (Wildman–Crippen LogP) is 5.74. The second-order valence-corrected chi connectivity index (χ2v) is 8.83. The third kappa shape index (κ3) is 5.65. The van der Waals surface area contributed by atoms with Crippen LogP contribution < -0.4 is 0 Å². The molecule has 1 aromatic heterocycles. The summed E-state index contributed by atoms with van der Waals surface area (Å²) in [6.07, 6.45) is 8.45. The first-order valence-corrected chi connectivity index (χ1v) is 12.3. The van der Waals surface area contributed by atoms with E-state index in [-0.39, 0.29) is 11.9 Å². The summed E-state index contributed by atoms with van der Waals surface area (Å²) in [6.45, 7) is 4.56. The summed E-state index contributed by atoms with van der Waals surface area (Å²) in [7, 11) is 0. The zero-order chi connectivity index (χ0) is 23.0. The van der Waals surface area contributed by atoms with E-state index in [4.69, 9.17) is 4.74 Å². The molecule has 0 N–H and O–H groups in total. The Hall–Kier alpha value is -3.08. The number of carbonyl (C=O) groups excluding carboxylic acids is 2. The molecule has 1 aliphatic heterocycles. The lowest BCUT2D eigenvalue weighted by Gasteiger charge is -2.23. The molecule has 0 bridgehead atoms. The van der Waals surface area contributed by atoms with Gasteiger partial charge in [-0.1, -0.05) is 61.4 Å². The molecule has 0 unspecified atom stereocenters. The minimum atomic E-state index is -0.119. The van der Waals surface area contributed by atoms with Crippen LogP contribution >= 0.6 is 0 Å². The van der Waals surface area contributed by atoms with Gasteiger partial charge in [0, 0.05) is 37.6 Å². The van der Waals surface area contributed by atoms with Crippen molar-refractivity contribution in [2.75, 3.05) is 13.2 Å². The van der Waals surface area contributed by atoms with Crippen LogP contribution in [0.4, 0.5) is 0 Å². The van der Waals surface area contributed by atoms with Crippen LogP contribution in [0.3, 0.4) is 0 Å². The summed E-state index contributed by atoms with van der Waals surface area (Å²) in [5.74, 6) is -0.0142. The third-order valence-corrected chi connectivity index (χ3v) is 6.43. The molecule has 2 aromatic carbocycles. The monoisotopic (exact) mass is 446 g/mol. The Balaban J connectivity index is 1.45. The van der Waals surface area contributed by atoms with Gasteiger partial charge in [0.2, 0.25) is 0 Å². The Bertz CT molecular complexity index is 1090. The number of para-hydroxylation sites is 1. The van der Waals surface area contributed by atoms with Crippen molar-refractivity contribution in [3.63, 3.8) is 0 Å². The summed E-state index contributed by atoms with van der Waals surface area (Å²) in [5, 5.41) is 1.07. The maximum absolute atomic E-state index is 13.8. The second-order valence-electron chi connectivity index (χ2n) is 8.83. The molecule has 5 heteroatoms. The number of benzene rings is 2. The maximum Gasteiger partial charge on any atom is 0.305 e. The van der Waals surface area contributed by atoms with Crippen molar-refractivity contribution in [3.05, 3.63) is 71.4 Å². The van der Waals surface area contributed by atoms with E-state index in [1.807, 2.05) is 30.0 Å². The van der Waals surface area contributed by atoms with Crippen molar-refractivity contribution < 1.29 is 14.3 Å². The van der Waals surface area contributed by atoms with Gasteiger partial charge in [0.1, 0.15) is 0 Å². The number of hydrogen-bond donors (Lipinski definition) is 0. The van der Waals surface area contributed by atoms with E-state index in [2.05, 4.69) is 41.1 Å². The zero-order valence-electron chi connectivity index (χ0n) is 19.6. The molecule has 0 spiro atoms. The molecular formula is C28H34N2O3. The highest BCUT2D eigenvalue weighted by atomic mass is 16.5. The molecule has 0 fully saturated rings. The van der Waals surface area contributed by atoms with Crippen LogP contribution in [0, 0.1) is 0 Å². The number of rotatable bonds is 11. The number of aromatic nitrogens is 1. The second kappa shape index (κ2) is 11.2. The number of unbranched alkanes of at least 4 members (excludes halogenated alkanes) is 3. The zero-order valence-corrected chi connectivity index (χ0v) is 19.6. The van der Waals surface area contributed by atoms with Crippen LogP contribution in [0.15, 0.2) is 54.7 Å². The van der Waals surface area contributed by atoms with Crippen LogP contribution in [-0.4, -0.2) is 34.5 Å². The number of ether oxygens (including phenoxy) is 1. The molecule has 0 saturated heterocycles. The first kappa shape index (κ1) is 23.1. The Morgan fingerprint density at radius 1 is 1.00 bits per heavy atom. The number of aryl methyl sites for hydroxylation is 2. The first-order valence-electron chi connectivity index (χ1n) is 12.3. The summed E-state index contributed by atoms with van der Waals surface area (Å²) >= 11 is 0. The largest absolute Gasteiger partial charge is 0.466 e. The lowest BCUT2D eigenvalue weighted by Crippen LogP contribution is -2.31. The van der Waals surface area contributed by atoms with Gasteiger partial charge in [0.25, 0.3) is 5.91 Å². The fourth-order valence-corrected chi connectivity index (χ4v) is 4.81. The normalized spacial score (nSPS) is 12.6. The summed E-state index contributed by atoms with van der Waals surface area (Å²) in [5.41, 5.74) is 4.52. The minimum absolute atomic E-state index is 0.105. The SMILES string of the molecule is CCOC(=O)CCCCCCN(Cc1ccccc1)C(=O)c1cn2c3c(cccc13)CCC2. The first-order chi connectivity index (χ1) is 16.2. The van der Waals surface area contributed by atoms with Crippen molar-refractivity contribution in [1.29, 1.82) is 0 Å². The van der Waals surface area contributed by atoms with Gasteiger partial charge in [-0.05, 0) is 43.7 Å². The van der Waals surface area contributed by atoms with Gasteiger partial charge in [-0.3, -0.25) is 9.59 Å². The van der Waals surface area contributed by atoms with E-state index in [1.165, 1.54) is 11.1 Å². The van der Waals surface area contributed by atoms with Crippen LogP contribution in [0.5, 0.6) is 0 Å². The predicted molar refractivity (Wildman–Crippen MR) is 131 cm³/mol. The van der Waals surface area contributed by atoms with E-state index >= 15 is 0 Å². The van der Waals surface area contributed by atoms with Crippen molar-refractivity contribution in [3.8, 4) is 0 Å². The average molecular weight is 447 g/mol. The van der Waals surface area contributed by atoms with Gasteiger partial charge < -0.3 is 14.2 Å². The average Bonchev–Trinajstić information content (AvgIpc) is 3.21. The van der Waals surface area contributed by atoms with Crippen LogP contribution in [-0.2, 0) is 29.0 Å². The molecule has 174 valence electrons. The van der Waals surface area contributed by atoms with E-state index in [9.17, 15) is 9.59 Å². The number of carbonyl (C=O) groups is 2. The smallest absolute Gasteiger partial charge is 0.305 e. The van der Waals surface area contributed by atoms with E-state index in [0.29, 0.717) is 26.1 Å². The molecule has 1 amide bonds. The quantitative estimate of drug-likeness (QED) is 0.279. The number of nitrogens with zero attached hydrogens (tertiary/aromatic N) is 2. The highest BCUT2D eigenvalue weighted by Gasteiger charge is 2.23. The fourth-order valence-electron chi connectivity index (χ4n) is 4.81. The number of esters is 1. The summed E-state index contributed by atoms with van der Waals surface area (Å²) in [6, 6.07) is 16.6. The Morgan fingerprint density at radius 2 is 1.82 bits per heavy atom. The summed E-state index contributed by atoms with van der Waals surface area (Å²) < 4.78 is 7.26. The molecule has 33 heavy (non-hydrogen) atoms. The van der Waals surface area contributed by atoms with Crippen LogP contribution in [0.1, 0.15) is 66.9 Å². The molecular weight excluding hydrogens is 412 g/mol. The molecule has 0 atom stereocenters. The van der Waals surface area contributed by atoms with Crippen molar-refractivity contribution in [1.82, 2.24) is 9.47 Å². The Morgan fingerprint density at radius 3 is 2.64 bits per heavy atom. The minimum Gasteiger partial charge on any atom is -0.466 e. The number of hydrogen-bond acceptors (Lipinski definition) is 3. The Labute approximate surface area is 196 Å². The lowest BCUT2D eigenvalue weighted by atomic mass is 10.0. The van der Waals surface area contributed by atoms with Gasteiger partial charge in [0.05, 0.1) is 17.7 Å². The van der Waals surface area contributed by atoms with E-state index < -0.39 is 0 Å². The van der Waals surface area contributed by atoms with Gasteiger partial charge in [-0.25, -0.2) is 0 Å². The van der Waals surface area contributed by atoms with Crippen molar-refractivity contribution in [2.45, 2.75) is 65.0 Å². The topological polar surface area (TPSA) is 51.5 Å². The van der Waals surface area contributed by atoms with Crippen molar-refractivity contribution >= 4 is 22.8 Å². The van der Waals surface area contributed by atoms with Gasteiger partial charge in [-0.15, -0.1) is 0 Å². The summed E-state index contributed by atoms with van der Waals surface area (Å²) in [4.78, 5) is 27.3. The van der Waals surface area contributed by atoms with E-state index in [1.54, 1.807) is 0 Å². The fraction of sp³-hybridized carbons (Fsp3) is 0.429. The highest BCUT2D eigenvalue weighted by Crippen LogP contribution is 2.30. The maximum atomic E-state index is 13.8. The van der Waals surface area contributed by atoms with Gasteiger partial charge in [-0.2, -0.15) is 0 Å². The third-order valence-electron chi connectivity index (χ3n) is 6.43. The molecule has 5 nitrogen and oxygen atoms in total. The Kier molecular flexibility index (Phi) is 7.82. The molecule has 0 aliphatic carbocycles. The molecule has 3 aromatic rings. The lowest BCUT2D eigenvalue weighted by molar-refractivity contribution is -0.143. The molecule has 1 aliphatic rings. The molecule has 0 saturated carbocycles. The van der Waals surface area contributed by atoms with Gasteiger partial charge in [0.15, 0.2) is 0 Å². The van der Waals surface area contributed by atoms with Crippen molar-refractivity contribution in [2.24, 2.45) is 0 Å². The molecule has 4 rings (SSSR count). The van der Waals surface area contributed by atoms with Gasteiger partial charge >= 0.3 is 5.97 Å². The molecule has 0 radical (unpaired) electrons. The number of amides is 1. The van der Waals surface area contributed by atoms with Crippen LogP contribution in [0.2, 0.25) is 0 Å². The van der Waals surface area contributed by atoms with E-state index in [0.717, 1.165) is 61.6 Å². The standard InChI is InChI=1S/C28H34N2O3/c1-2-33-26(31)17-8-3-4-9-18-30(20-22-12-6-5-7-13-22)28(32)25-21-29-19-11-15-23-14-10-16-24(25)27(23)29/h5-7,10,12-14,16,21H,2-4,8-9,11,15,17-20H2,1H3.